The van der Waals surface area contributed by atoms with Crippen molar-refractivity contribution in [2.24, 2.45) is 0 Å². The molecule has 0 fully saturated rings. The second kappa shape index (κ2) is 8.82. The molecule has 4 rings (SSSR count). The number of benzene rings is 2. The van der Waals surface area contributed by atoms with Crippen molar-refractivity contribution >= 4 is 26.9 Å². The summed E-state index contributed by atoms with van der Waals surface area (Å²) in [4.78, 5) is 14.5. The van der Waals surface area contributed by atoms with Gasteiger partial charge >= 0.3 is 12.3 Å². The Bertz CT molecular complexity index is 1470. The molecule has 0 aliphatic rings. The lowest BCUT2D eigenvalue weighted by Crippen LogP contribution is -2.20. The van der Waals surface area contributed by atoms with Crippen LogP contribution >= 0.6 is 0 Å². The van der Waals surface area contributed by atoms with Crippen molar-refractivity contribution in [2.75, 3.05) is 0 Å². The number of pyridine rings is 1. The van der Waals surface area contributed by atoms with Gasteiger partial charge in [-0.05, 0) is 47.9 Å². The highest BCUT2D eigenvalue weighted by molar-refractivity contribution is 7.90. The van der Waals surface area contributed by atoms with Gasteiger partial charge in [0, 0.05) is 36.0 Å². The maximum absolute atomic E-state index is 13.5. The first-order valence-corrected chi connectivity index (χ1v) is 11.4. The number of carbonyl (C=O) groups is 1. The third-order valence-corrected chi connectivity index (χ3v) is 6.78. The molecular formula is C23H17F3N2O5S. The summed E-state index contributed by atoms with van der Waals surface area (Å²) < 4.78 is 70.3. The fourth-order valence-electron chi connectivity index (χ4n) is 3.60. The monoisotopic (exact) mass is 490 g/mol. The minimum Gasteiger partial charge on any atom is -0.481 e. The Morgan fingerprint density at radius 1 is 1.06 bits per heavy atom. The SMILES string of the molecule is O=C(O)CCc1cn(S(=O)(=O)c2ccccc2OC(F)(F)F)c2ccc(-c3cccnc3)cc12. The van der Waals surface area contributed by atoms with E-state index in [1.807, 2.05) is 6.07 Å². The van der Waals surface area contributed by atoms with E-state index in [0.29, 0.717) is 16.5 Å². The van der Waals surface area contributed by atoms with Crippen molar-refractivity contribution in [3.63, 3.8) is 0 Å². The second-order valence-corrected chi connectivity index (χ2v) is 9.10. The highest BCUT2D eigenvalue weighted by Crippen LogP contribution is 2.35. The smallest absolute Gasteiger partial charge is 0.481 e. The Morgan fingerprint density at radius 3 is 2.50 bits per heavy atom. The largest absolute Gasteiger partial charge is 0.573 e. The van der Waals surface area contributed by atoms with E-state index >= 15 is 0 Å². The average Bonchev–Trinajstić information content (AvgIpc) is 3.16. The molecule has 34 heavy (non-hydrogen) atoms. The van der Waals surface area contributed by atoms with Crippen molar-refractivity contribution in [1.82, 2.24) is 8.96 Å². The minimum atomic E-state index is -5.09. The molecule has 0 bridgehead atoms. The number of aliphatic carboxylic acids is 1. The van der Waals surface area contributed by atoms with E-state index in [1.165, 1.54) is 24.4 Å². The fraction of sp³-hybridized carbons (Fsp3) is 0.130. The number of carboxylic acid groups (broad SMARTS) is 1. The highest BCUT2D eigenvalue weighted by Gasteiger charge is 2.34. The molecule has 2 aromatic heterocycles. The molecule has 2 heterocycles. The van der Waals surface area contributed by atoms with Gasteiger partial charge in [0.15, 0.2) is 0 Å². The molecule has 0 aliphatic carbocycles. The van der Waals surface area contributed by atoms with E-state index < -0.39 is 33.0 Å². The van der Waals surface area contributed by atoms with E-state index in [1.54, 1.807) is 30.6 Å². The van der Waals surface area contributed by atoms with Crippen LogP contribution in [0, 0.1) is 0 Å². The molecule has 2 aromatic carbocycles. The molecule has 11 heteroatoms. The van der Waals surface area contributed by atoms with Gasteiger partial charge in [-0.15, -0.1) is 13.2 Å². The van der Waals surface area contributed by atoms with E-state index in [2.05, 4.69) is 9.72 Å². The van der Waals surface area contributed by atoms with Crippen molar-refractivity contribution in [3.05, 3.63) is 78.8 Å². The van der Waals surface area contributed by atoms with Gasteiger partial charge in [-0.1, -0.05) is 24.3 Å². The van der Waals surface area contributed by atoms with Crippen molar-refractivity contribution in [1.29, 1.82) is 0 Å². The van der Waals surface area contributed by atoms with Gasteiger partial charge in [0.25, 0.3) is 10.0 Å². The Labute approximate surface area is 192 Å². The molecule has 1 N–H and O–H groups in total. The second-order valence-electron chi connectivity index (χ2n) is 7.32. The summed E-state index contributed by atoms with van der Waals surface area (Å²) in [6, 6.07) is 12.9. The summed E-state index contributed by atoms with van der Waals surface area (Å²) in [6.07, 6.45) is -0.869. The maximum atomic E-state index is 13.5. The van der Waals surface area contributed by atoms with Crippen LogP contribution < -0.4 is 4.74 Å². The molecular weight excluding hydrogens is 473 g/mol. The number of halogens is 3. The summed E-state index contributed by atoms with van der Waals surface area (Å²) in [7, 11) is -4.53. The van der Waals surface area contributed by atoms with Gasteiger partial charge in [-0.3, -0.25) is 9.78 Å². The van der Waals surface area contributed by atoms with Crippen LogP contribution in [-0.2, 0) is 21.2 Å². The molecule has 0 amide bonds. The number of alkyl halides is 3. The number of rotatable bonds is 7. The first kappa shape index (κ1) is 23.3. The molecule has 176 valence electrons. The molecule has 0 spiro atoms. The minimum absolute atomic E-state index is 0.0194. The van der Waals surface area contributed by atoms with E-state index in [0.717, 1.165) is 21.7 Å². The Hall–Kier alpha value is -3.86. The Kier molecular flexibility index (Phi) is 6.05. The third kappa shape index (κ3) is 4.74. The van der Waals surface area contributed by atoms with Gasteiger partial charge in [-0.25, -0.2) is 12.4 Å². The van der Waals surface area contributed by atoms with Crippen molar-refractivity contribution < 1.29 is 36.2 Å². The summed E-state index contributed by atoms with van der Waals surface area (Å²) in [5.41, 5.74) is 2.08. The van der Waals surface area contributed by atoms with Crippen LogP contribution in [0.2, 0.25) is 0 Å². The van der Waals surface area contributed by atoms with Gasteiger partial charge in [0.1, 0.15) is 10.6 Å². The average molecular weight is 490 g/mol. The van der Waals surface area contributed by atoms with Crippen LogP contribution in [0.3, 0.4) is 0 Å². The number of nitrogens with zero attached hydrogens (tertiary/aromatic N) is 2. The summed E-state index contributed by atoms with van der Waals surface area (Å²) in [5, 5.41) is 9.57. The number of ether oxygens (including phenoxy) is 1. The summed E-state index contributed by atoms with van der Waals surface area (Å²) >= 11 is 0. The third-order valence-electron chi connectivity index (χ3n) is 5.07. The number of hydrogen-bond acceptors (Lipinski definition) is 5. The van der Waals surface area contributed by atoms with E-state index in [4.69, 9.17) is 5.11 Å². The van der Waals surface area contributed by atoms with Gasteiger partial charge in [0.2, 0.25) is 0 Å². The van der Waals surface area contributed by atoms with Crippen LogP contribution in [0.1, 0.15) is 12.0 Å². The van der Waals surface area contributed by atoms with Crippen molar-refractivity contribution in [2.45, 2.75) is 24.1 Å². The normalized spacial score (nSPS) is 12.1. The zero-order valence-corrected chi connectivity index (χ0v) is 18.2. The predicted molar refractivity (Wildman–Crippen MR) is 117 cm³/mol. The number of carboxylic acids is 1. The lowest BCUT2D eigenvalue weighted by molar-refractivity contribution is -0.275. The molecule has 0 aliphatic heterocycles. The fourth-order valence-corrected chi connectivity index (χ4v) is 5.11. The van der Waals surface area contributed by atoms with Gasteiger partial charge in [-0.2, -0.15) is 0 Å². The molecule has 0 saturated heterocycles. The standard InChI is InChI=1S/C23H17F3N2O5S/c24-23(25,26)33-20-5-1-2-6-21(20)34(31,32)28-14-17(8-10-22(29)30)18-12-15(7-9-19(18)28)16-4-3-11-27-13-16/h1-7,9,11-14H,8,10H2,(H,29,30). The van der Waals surface area contributed by atoms with Crippen LogP contribution in [0.25, 0.3) is 22.0 Å². The molecule has 0 atom stereocenters. The summed E-state index contributed by atoms with van der Waals surface area (Å²) in [6.45, 7) is 0. The highest BCUT2D eigenvalue weighted by atomic mass is 32.2. The number of para-hydroxylation sites is 1. The Morgan fingerprint density at radius 2 is 1.82 bits per heavy atom. The predicted octanol–water partition coefficient (Wildman–Crippen LogP) is 4.86. The topological polar surface area (TPSA) is 98.5 Å². The lowest BCUT2D eigenvalue weighted by atomic mass is 10.0. The van der Waals surface area contributed by atoms with Crippen LogP contribution in [-0.4, -0.2) is 34.8 Å². The molecule has 0 radical (unpaired) electrons. The van der Waals surface area contributed by atoms with Gasteiger partial charge in [0.05, 0.1) is 5.52 Å². The van der Waals surface area contributed by atoms with Gasteiger partial charge < -0.3 is 9.84 Å². The molecule has 0 saturated carbocycles. The van der Waals surface area contributed by atoms with Crippen LogP contribution in [0.15, 0.2) is 78.1 Å². The zero-order valence-electron chi connectivity index (χ0n) is 17.4. The summed E-state index contributed by atoms with van der Waals surface area (Å²) in [5.74, 6) is -1.94. The first-order chi connectivity index (χ1) is 16.1. The number of fused-ring (bicyclic) bond motifs is 1. The van der Waals surface area contributed by atoms with Crippen LogP contribution in [0.5, 0.6) is 5.75 Å². The maximum Gasteiger partial charge on any atom is 0.573 e. The number of hydrogen-bond donors (Lipinski definition) is 1. The first-order valence-electron chi connectivity index (χ1n) is 9.93. The number of aryl methyl sites for hydroxylation is 1. The van der Waals surface area contributed by atoms with E-state index in [9.17, 15) is 26.4 Å². The van der Waals surface area contributed by atoms with E-state index in [-0.39, 0.29) is 18.4 Å². The molecule has 0 unspecified atom stereocenters. The number of aromatic nitrogens is 2. The molecule has 4 aromatic rings. The molecule has 7 nitrogen and oxygen atoms in total. The lowest BCUT2D eigenvalue weighted by Gasteiger charge is -2.14. The quantitative estimate of drug-likeness (QED) is 0.398. The van der Waals surface area contributed by atoms with Crippen molar-refractivity contribution in [3.8, 4) is 16.9 Å². The zero-order chi connectivity index (χ0) is 24.5. The Balaban J connectivity index is 1.90. The van der Waals surface area contributed by atoms with Crippen LogP contribution in [0.4, 0.5) is 13.2 Å².